The smallest absolute Gasteiger partial charge is 0.271 e. The van der Waals surface area contributed by atoms with Gasteiger partial charge in [0.05, 0.1) is 10.0 Å². The Kier molecular flexibility index (Phi) is 6.42. The van der Waals surface area contributed by atoms with Crippen LogP contribution in [0.5, 0.6) is 0 Å². The Labute approximate surface area is 155 Å². The van der Waals surface area contributed by atoms with Crippen molar-refractivity contribution in [2.24, 2.45) is 7.05 Å². The van der Waals surface area contributed by atoms with Crippen molar-refractivity contribution in [1.29, 1.82) is 0 Å². The number of anilines is 1. The molecule has 1 aromatic carbocycles. The highest BCUT2D eigenvalue weighted by Gasteiger charge is 2.10. The molecule has 0 bridgehead atoms. The van der Waals surface area contributed by atoms with E-state index in [1.807, 2.05) is 6.92 Å². The van der Waals surface area contributed by atoms with Crippen molar-refractivity contribution < 1.29 is 4.79 Å². The summed E-state index contributed by atoms with van der Waals surface area (Å²) >= 11 is 17.0. The molecule has 3 N–H and O–H groups in total. The van der Waals surface area contributed by atoms with Gasteiger partial charge in [-0.1, -0.05) is 23.2 Å². The van der Waals surface area contributed by atoms with Gasteiger partial charge in [-0.2, -0.15) is 5.10 Å². The van der Waals surface area contributed by atoms with Gasteiger partial charge in [-0.3, -0.25) is 9.48 Å². The molecule has 0 saturated carbocycles. The molecule has 0 unspecified atom stereocenters. The highest BCUT2D eigenvalue weighted by atomic mass is 35.5. The van der Waals surface area contributed by atoms with Crippen LogP contribution in [0.25, 0.3) is 0 Å². The molecule has 24 heavy (non-hydrogen) atoms. The number of nitrogens with zero attached hydrogens (tertiary/aromatic N) is 2. The van der Waals surface area contributed by atoms with Crippen LogP contribution in [0.3, 0.4) is 0 Å². The number of aryl methyl sites for hydroxylation is 2. The second kappa shape index (κ2) is 8.32. The van der Waals surface area contributed by atoms with E-state index in [4.69, 9.17) is 35.4 Å². The Morgan fingerprint density at radius 3 is 2.54 bits per heavy atom. The van der Waals surface area contributed by atoms with Crippen molar-refractivity contribution in [3.05, 3.63) is 45.7 Å². The van der Waals surface area contributed by atoms with E-state index < -0.39 is 0 Å². The maximum atomic E-state index is 11.9. The molecule has 2 rings (SSSR count). The quantitative estimate of drug-likeness (QED) is 0.545. The fourth-order valence-corrected chi connectivity index (χ4v) is 2.38. The van der Waals surface area contributed by atoms with Gasteiger partial charge in [-0.25, -0.2) is 0 Å². The largest absolute Gasteiger partial charge is 0.361 e. The van der Waals surface area contributed by atoms with Crippen LogP contribution in [0, 0.1) is 6.92 Å². The van der Waals surface area contributed by atoms with Crippen molar-refractivity contribution >= 4 is 52.1 Å². The number of hydrogen-bond donors (Lipinski definition) is 3. The molecule has 0 aliphatic rings. The molecule has 0 aliphatic carbocycles. The summed E-state index contributed by atoms with van der Waals surface area (Å²) < 4.78 is 1.66. The lowest BCUT2D eigenvalue weighted by Crippen LogP contribution is -2.36. The molecule has 0 fully saturated rings. The number of carbonyl (C=O) groups is 1. The van der Waals surface area contributed by atoms with Crippen LogP contribution in [-0.4, -0.2) is 33.9 Å². The minimum absolute atomic E-state index is 0.219. The van der Waals surface area contributed by atoms with Crippen LogP contribution in [-0.2, 0) is 7.05 Å². The molecule has 2 aromatic rings. The summed E-state index contributed by atoms with van der Waals surface area (Å²) in [4.78, 5) is 11.9. The molecule has 128 valence electrons. The van der Waals surface area contributed by atoms with Crippen molar-refractivity contribution in [1.82, 2.24) is 20.4 Å². The summed E-state index contributed by atoms with van der Waals surface area (Å²) in [5.41, 5.74) is 2.05. The maximum absolute atomic E-state index is 11.9. The fraction of sp³-hybridized carbons (Fsp3) is 0.267. The number of rotatable bonds is 5. The van der Waals surface area contributed by atoms with Gasteiger partial charge >= 0.3 is 0 Å². The van der Waals surface area contributed by atoms with Crippen LogP contribution < -0.4 is 16.0 Å². The van der Waals surface area contributed by atoms with Crippen molar-refractivity contribution in [2.45, 2.75) is 6.92 Å². The number of hydrogen-bond acceptors (Lipinski definition) is 3. The van der Waals surface area contributed by atoms with Crippen LogP contribution in [0.15, 0.2) is 24.3 Å². The highest BCUT2D eigenvalue weighted by molar-refractivity contribution is 7.80. The van der Waals surface area contributed by atoms with Gasteiger partial charge in [-0.15, -0.1) is 0 Å². The third-order valence-corrected chi connectivity index (χ3v) is 4.21. The van der Waals surface area contributed by atoms with Gasteiger partial charge in [0, 0.05) is 31.5 Å². The first-order chi connectivity index (χ1) is 11.4. The van der Waals surface area contributed by atoms with Crippen LogP contribution >= 0.6 is 35.4 Å². The van der Waals surface area contributed by atoms with E-state index in [0.717, 1.165) is 11.4 Å². The predicted molar refractivity (Wildman–Crippen MR) is 101 cm³/mol. The summed E-state index contributed by atoms with van der Waals surface area (Å²) in [5.74, 6) is -0.219. The zero-order valence-electron chi connectivity index (χ0n) is 13.2. The number of thiocarbonyl (C=S) groups is 1. The van der Waals surface area contributed by atoms with E-state index in [1.165, 1.54) is 0 Å². The van der Waals surface area contributed by atoms with Crippen molar-refractivity contribution in [2.75, 3.05) is 18.4 Å². The lowest BCUT2D eigenvalue weighted by atomic mass is 10.3. The van der Waals surface area contributed by atoms with Gasteiger partial charge in [0.2, 0.25) is 0 Å². The number of halogens is 2. The normalized spacial score (nSPS) is 10.3. The Morgan fingerprint density at radius 1 is 1.21 bits per heavy atom. The van der Waals surface area contributed by atoms with Gasteiger partial charge in [-0.05, 0) is 43.4 Å². The number of amides is 1. The van der Waals surface area contributed by atoms with E-state index in [-0.39, 0.29) is 5.91 Å². The molecule has 0 radical (unpaired) electrons. The van der Waals surface area contributed by atoms with Gasteiger partial charge in [0.1, 0.15) is 5.69 Å². The number of nitrogens with one attached hydrogen (secondary N) is 3. The standard InChI is InChI=1S/C15H17Cl2N5OS/c1-9-7-13(21-22(9)2)14(23)18-5-6-19-15(24)20-10-3-4-11(16)12(17)8-10/h3-4,7-8H,5-6H2,1-2H3,(H,18,23)(H2,19,20,24). The first kappa shape index (κ1) is 18.5. The Bertz CT molecular complexity index is 743. The predicted octanol–water partition coefficient (Wildman–Crippen LogP) is 2.75. The monoisotopic (exact) mass is 385 g/mol. The van der Waals surface area contributed by atoms with E-state index in [2.05, 4.69) is 21.0 Å². The third kappa shape index (κ3) is 5.09. The summed E-state index contributed by atoms with van der Waals surface area (Å²) in [6, 6.07) is 6.87. The molecular weight excluding hydrogens is 369 g/mol. The first-order valence-electron chi connectivity index (χ1n) is 7.15. The van der Waals surface area contributed by atoms with Crippen molar-refractivity contribution in [3.63, 3.8) is 0 Å². The molecule has 1 aromatic heterocycles. The zero-order chi connectivity index (χ0) is 17.7. The van der Waals surface area contributed by atoms with Crippen LogP contribution in [0.4, 0.5) is 5.69 Å². The molecule has 0 atom stereocenters. The summed E-state index contributed by atoms with van der Waals surface area (Å²) in [6.07, 6.45) is 0. The van der Waals surface area contributed by atoms with Gasteiger partial charge in [0.15, 0.2) is 5.11 Å². The first-order valence-corrected chi connectivity index (χ1v) is 8.32. The second-order valence-electron chi connectivity index (χ2n) is 5.06. The van der Waals surface area contributed by atoms with Gasteiger partial charge < -0.3 is 16.0 Å². The van der Waals surface area contributed by atoms with E-state index in [9.17, 15) is 4.79 Å². The average Bonchev–Trinajstić information content (AvgIpc) is 2.87. The summed E-state index contributed by atoms with van der Waals surface area (Å²) in [5, 5.41) is 14.2. The zero-order valence-corrected chi connectivity index (χ0v) is 15.5. The third-order valence-electron chi connectivity index (χ3n) is 3.22. The molecule has 0 spiro atoms. The van der Waals surface area contributed by atoms with Gasteiger partial charge in [0.25, 0.3) is 5.91 Å². The van der Waals surface area contributed by atoms with E-state index in [0.29, 0.717) is 33.9 Å². The minimum Gasteiger partial charge on any atom is -0.361 e. The fourth-order valence-electron chi connectivity index (χ4n) is 1.86. The summed E-state index contributed by atoms with van der Waals surface area (Å²) in [6.45, 7) is 2.78. The molecular formula is C15H17Cl2N5OS. The number of aromatic nitrogens is 2. The van der Waals surface area contributed by atoms with Crippen LogP contribution in [0.2, 0.25) is 10.0 Å². The Balaban J connectivity index is 1.72. The SMILES string of the molecule is Cc1cc(C(=O)NCCNC(=S)Nc2ccc(Cl)c(Cl)c2)nn1C. The maximum Gasteiger partial charge on any atom is 0.271 e. The average molecular weight is 386 g/mol. The summed E-state index contributed by atoms with van der Waals surface area (Å²) in [7, 11) is 1.79. The molecule has 0 aliphatic heterocycles. The lowest BCUT2D eigenvalue weighted by Gasteiger charge is -2.11. The molecule has 6 nitrogen and oxygen atoms in total. The van der Waals surface area contributed by atoms with E-state index in [1.54, 1.807) is 36.0 Å². The Hall–Kier alpha value is -1.83. The molecule has 0 saturated heterocycles. The second-order valence-corrected chi connectivity index (χ2v) is 6.28. The van der Waals surface area contributed by atoms with Crippen molar-refractivity contribution in [3.8, 4) is 0 Å². The highest BCUT2D eigenvalue weighted by Crippen LogP contribution is 2.24. The van der Waals surface area contributed by atoms with Crippen LogP contribution in [0.1, 0.15) is 16.2 Å². The lowest BCUT2D eigenvalue weighted by molar-refractivity contribution is 0.0948. The number of carbonyl (C=O) groups excluding carboxylic acids is 1. The number of benzene rings is 1. The Morgan fingerprint density at radius 2 is 1.92 bits per heavy atom. The van der Waals surface area contributed by atoms with E-state index >= 15 is 0 Å². The minimum atomic E-state index is -0.219. The molecule has 1 heterocycles. The molecule has 1 amide bonds. The topological polar surface area (TPSA) is 71.0 Å². The molecule has 9 heteroatoms.